The van der Waals surface area contributed by atoms with E-state index >= 15 is 0 Å². The molecule has 0 aliphatic rings. The van der Waals surface area contributed by atoms with Crippen molar-refractivity contribution in [3.8, 4) is 0 Å². The van der Waals surface area contributed by atoms with E-state index in [2.05, 4.69) is 4.98 Å². The molecule has 2 heterocycles. The molecule has 4 nitrogen and oxygen atoms in total. The molecule has 0 fully saturated rings. The monoisotopic (exact) mass is 278 g/mol. The summed E-state index contributed by atoms with van der Waals surface area (Å²) in [4.78, 5) is 18.3. The van der Waals surface area contributed by atoms with Crippen LogP contribution in [0.15, 0.2) is 40.9 Å². The molecule has 2 aromatic rings. The van der Waals surface area contributed by atoms with Crippen LogP contribution in [0.25, 0.3) is 0 Å². The van der Waals surface area contributed by atoms with E-state index in [4.69, 9.17) is 16.0 Å². The smallest absolute Gasteiger partial charge is 0.290 e. The third-order valence-corrected chi connectivity index (χ3v) is 2.93. The van der Waals surface area contributed by atoms with Crippen LogP contribution in [0.3, 0.4) is 0 Å². The second-order valence-electron chi connectivity index (χ2n) is 4.45. The highest BCUT2D eigenvalue weighted by molar-refractivity contribution is 6.29. The molecule has 0 N–H and O–H groups in total. The lowest BCUT2D eigenvalue weighted by Gasteiger charge is -2.25. The second kappa shape index (κ2) is 5.89. The highest BCUT2D eigenvalue weighted by Gasteiger charge is 2.22. The molecule has 0 saturated heterocycles. The number of nitrogens with zero attached hydrogens (tertiary/aromatic N) is 2. The molecular formula is C14H15ClN2O2. The van der Waals surface area contributed by atoms with E-state index in [9.17, 15) is 4.79 Å². The van der Waals surface area contributed by atoms with Gasteiger partial charge in [0.15, 0.2) is 11.0 Å². The number of hydrogen-bond donors (Lipinski definition) is 0. The van der Waals surface area contributed by atoms with Crippen molar-refractivity contribution in [2.24, 2.45) is 0 Å². The molecule has 0 spiro atoms. The van der Waals surface area contributed by atoms with Gasteiger partial charge in [0.25, 0.3) is 5.91 Å². The van der Waals surface area contributed by atoms with Crippen molar-refractivity contribution in [3.63, 3.8) is 0 Å². The minimum Gasteiger partial charge on any atom is -0.440 e. The van der Waals surface area contributed by atoms with E-state index in [1.807, 2.05) is 32.0 Å². The largest absolute Gasteiger partial charge is 0.440 e. The van der Waals surface area contributed by atoms with Gasteiger partial charge in [-0.05, 0) is 49.7 Å². The molecule has 0 radical (unpaired) electrons. The van der Waals surface area contributed by atoms with Crippen LogP contribution >= 0.6 is 11.6 Å². The standard InChI is InChI=1S/C14H15ClN2O2/c1-10(2)17(9-11-5-3-4-8-16-11)14(18)12-6-7-13(15)19-12/h3-8,10H,9H2,1-2H3. The fourth-order valence-corrected chi connectivity index (χ4v) is 1.87. The molecule has 0 saturated carbocycles. The van der Waals surface area contributed by atoms with Gasteiger partial charge >= 0.3 is 0 Å². The van der Waals surface area contributed by atoms with Gasteiger partial charge in [-0.25, -0.2) is 0 Å². The Balaban J connectivity index is 2.19. The maximum atomic E-state index is 12.3. The summed E-state index contributed by atoms with van der Waals surface area (Å²) in [5.74, 6) is 0.0576. The molecule has 19 heavy (non-hydrogen) atoms. The van der Waals surface area contributed by atoms with Gasteiger partial charge in [-0.15, -0.1) is 0 Å². The van der Waals surface area contributed by atoms with E-state index in [-0.39, 0.29) is 22.9 Å². The van der Waals surface area contributed by atoms with E-state index in [1.165, 1.54) is 0 Å². The lowest BCUT2D eigenvalue weighted by Crippen LogP contribution is -2.36. The number of pyridine rings is 1. The zero-order valence-corrected chi connectivity index (χ0v) is 11.6. The maximum absolute atomic E-state index is 12.3. The van der Waals surface area contributed by atoms with Crippen LogP contribution < -0.4 is 0 Å². The third-order valence-electron chi connectivity index (χ3n) is 2.73. The van der Waals surface area contributed by atoms with E-state index in [0.717, 1.165) is 5.69 Å². The Morgan fingerprint density at radius 2 is 2.16 bits per heavy atom. The van der Waals surface area contributed by atoms with Crippen molar-refractivity contribution in [2.75, 3.05) is 0 Å². The first-order valence-corrected chi connectivity index (χ1v) is 6.42. The molecule has 1 amide bonds. The molecule has 100 valence electrons. The van der Waals surface area contributed by atoms with Gasteiger partial charge < -0.3 is 9.32 Å². The Hall–Kier alpha value is -1.81. The van der Waals surface area contributed by atoms with Gasteiger partial charge in [0.05, 0.1) is 12.2 Å². The zero-order chi connectivity index (χ0) is 13.8. The molecule has 0 aliphatic carbocycles. The van der Waals surface area contributed by atoms with E-state index in [0.29, 0.717) is 6.54 Å². The van der Waals surface area contributed by atoms with Crippen LogP contribution in [0.1, 0.15) is 30.1 Å². The summed E-state index contributed by atoms with van der Waals surface area (Å²) in [7, 11) is 0. The Morgan fingerprint density at radius 3 is 2.68 bits per heavy atom. The van der Waals surface area contributed by atoms with Gasteiger partial charge in [-0.3, -0.25) is 9.78 Å². The number of furan rings is 1. The van der Waals surface area contributed by atoms with Crippen LogP contribution in [0.2, 0.25) is 5.22 Å². The summed E-state index contributed by atoms with van der Waals surface area (Å²) in [5.41, 5.74) is 0.835. The van der Waals surface area contributed by atoms with Gasteiger partial charge in [0, 0.05) is 12.2 Å². The Labute approximate surface area is 117 Å². The summed E-state index contributed by atoms with van der Waals surface area (Å²) >= 11 is 5.70. The Morgan fingerprint density at radius 1 is 1.37 bits per heavy atom. The number of rotatable bonds is 4. The molecular weight excluding hydrogens is 264 g/mol. The first kappa shape index (κ1) is 13.6. The lowest BCUT2D eigenvalue weighted by molar-refractivity contribution is 0.0655. The third kappa shape index (κ3) is 3.35. The predicted octanol–water partition coefficient (Wildman–Crippen LogP) is 3.38. The fraction of sp³-hybridized carbons (Fsp3) is 0.286. The van der Waals surface area contributed by atoms with Crippen molar-refractivity contribution in [3.05, 3.63) is 53.2 Å². The van der Waals surface area contributed by atoms with Crippen molar-refractivity contribution in [1.82, 2.24) is 9.88 Å². The van der Waals surface area contributed by atoms with Crippen molar-refractivity contribution < 1.29 is 9.21 Å². The number of hydrogen-bond acceptors (Lipinski definition) is 3. The zero-order valence-electron chi connectivity index (χ0n) is 10.8. The van der Waals surface area contributed by atoms with Crippen LogP contribution in [0.4, 0.5) is 0 Å². The SMILES string of the molecule is CC(C)N(Cc1ccccn1)C(=O)c1ccc(Cl)o1. The van der Waals surface area contributed by atoms with E-state index < -0.39 is 0 Å². The maximum Gasteiger partial charge on any atom is 0.290 e. The van der Waals surface area contributed by atoms with Crippen molar-refractivity contribution >= 4 is 17.5 Å². The summed E-state index contributed by atoms with van der Waals surface area (Å²) in [6.45, 7) is 4.34. The normalized spacial score (nSPS) is 10.7. The average Bonchev–Trinajstić information content (AvgIpc) is 2.83. The molecule has 0 bridgehead atoms. The number of carbonyl (C=O) groups excluding carboxylic acids is 1. The van der Waals surface area contributed by atoms with Gasteiger partial charge in [0.1, 0.15) is 0 Å². The average molecular weight is 279 g/mol. The van der Waals surface area contributed by atoms with Crippen molar-refractivity contribution in [2.45, 2.75) is 26.4 Å². The van der Waals surface area contributed by atoms with Crippen LogP contribution in [0.5, 0.6) is 0 Å². The van der Waals surface area contributed by atoms with E-state index in [1.54, 1.807) is 23.2 Å². The summed E-state index contributed by atoms with van der Waals surface area (Å²) in [5, 5.41) is 0.213. The lowest BCUT2D eigenvalue weighted by atomic mass is 10.2. The topological polar surface area (TPSA) is 46.3 Å². The van der Waals surface area contributed by atoms with Crippen LogP contribution in [-0.4, -0.2) is 21.8 Å². The van der Waals surface area contributed by atoms with Gasteiger partial charge in [-0.2, -0.15) is 0 Å². The first-order valence-electron chi connectivity index (χ1n) is 6.04. The Kier molecular flexibility index (Phi) is 4.22. The minimum atomic E-state index is -0.187. The highest BCUT2D eigenvalue weighted by Crippen LogP contribution is 2.17. The molecule has 0 aromatic carbocycles. The molecule has 0 aliphatic heterocycles. The predicted molar refractivity (Wildman–Crippen MR) is 73.0 cm³/mol. The Bertz CT molecular complexity index is 552. The van der Waals surface area contributed by atoms with Gasteiger partial charge in [0.2, 0.25) is 0 Å². The summed E-state index contributed by atoms with van der Waals surface area (Å²) in [6, 6.07) is 8.81. The summed E-state index contributed by atoms with van der Waals surface area (Å²) in [6.07, 6.45) is 1.71. The second-order valence-corrected chi connectivity index (χ2v) is 4.82. The first-order chi connectivity index (χ1) is 9.08. The number of aromatic nitrogens is 1. The molecule has 0 unspecified atom stereocenters. The number of halogens is 1. The summed E-state index contributed by atoms with van der Waals surface area (Å²) < 4.78 is 5.17. The number of amides is 1. The molecule has 0 atom stereocenters. The number of carbonyl (C=O) groups is 1. The molecule has 2 rings (SSSR count). The van der Waals surface area contributed by atoms with Crippen LogP contribution in [0, 0.1) is 0 Å². The molecule has 5 heteroatoms. The minimum absolute atomic E-state index is 0.0402. The van der Waals surface area contributed by atoms with Crippen molar-refractivity contribution in [1.29, 1.82) is 0 Å². The fourth-order valence-electron chi connectivity index (χ4n) is 1.73. The van der Waals surface area contributed by atoms with Gasteiger partial charge in [-0.1, -0.05) is 6.07 Å². The quantitative estimate of drug-likeness (QED) is 0.861. The molecule has 2 aromatic heterocycles. The van der Waals surface area contributed by atoms with Crippen LogP contribution in [-0.2, 0) is 6.54 Å². The highest BCUT2D eigenvalue weighted by atomic mass is 35.5.